The first-order valence-corrected chi connectivity index (χ1v) is 9.18. The molecule has 0 unspecified atom stereocenters. The SMILES string of the molecule is COc1c(Cl)cc(C(=O)O)cc1NC(=O)COc1c(C)cc(Br)cc1Br. The molecule has 2 rings (SSSR count). The molecule has 138 valence electrons. The van der Waals surface area contributed by atoms with E-state index in [-0.39, 0.29) is 28.6 Å². The van der Waals surface area contributed by atoms with Gasteiger partial charge in [-0.15, -0.1) is 0 Å². The molecule has 0 aliphatic carbocycles. The summed E-state index contributed by atoms with van der Waals surface area (Å²) in [7, 11) is 1.37. The van der Waals surface area contributed by atoms with Gasteiger partial charge >= 0.3 is 5.97 Å². The lowest BCUT2D eigenvalue weighted by Crippen LogP contribution is -2.21. The fourth-order valence-corrected chi connectivity index (χ4v) is 4.06. The number of rotatable bonds is 6. The van der Waals surface area contributed by atoms with E-state index < -0.39 is 11.9 Å². The summed E-state index contributed by atoms with van der Waals surface area (Å²) in [5, 5.41) is 11.8. The Labute approximate surface area is 171 Å². The predicted molar refractivity (Wildman–Crippen MR) is 106 cm³/mol. The van der Waals surface area contributed by atoms with E-state index in [1.54, 1.807) is 6.07 Å². The number of aromatic carboxylic acids is 1. The van der Waals surface area contributed by atoms with Crippen LogP contribution >= 0.6 is 43.5 Å². The number of halogens is 3. The molecule has 2 aromatic rings. The molecule has 0 aliphatic rings. The lowest BCUT2D eigenvalue weighted by Gasteiger charge is -2.14. The monoisotopic (exact) mass is 505 g/mol. The molecule has 9 heteroatoms. The number of nitrogens with one attached hydrogen (secondary N) is 1. The van der Waals surface area contributed by atoms with Crippen molar-refractivity contribution in [2.75, 3.05) is 19.0 Å². The molecule has 6 nitrogen and oxygen atoms in total. The quantitative estimate of drug-likeness (QED) is 0.581. The van der Waals surface area contributed by atoms with Gasteiger partial charge in [-0.1, -0.05) is 27.5 Å². The minimum atomic E-state index is -1.17. The molecule has 1 amide bonds. The second kappa shape index (κ2) is 8.75. The summed E-state index contributed by atoms with van der Waals surface area (Å²) in [5.41, 5.74) is 0.920. The third-order valence-corrected chi connectivity index (χ3v) is 4.64. The number of hydrogen-bond acceptors (Lipinski definition) is 4. The van der Waals surface area contributed by atoms with Gasteiger partial charge in [0.1, 0.15) is 5.75 Å². The molecule has 2 aromatic carbocycles. The van der Waals surface area contributed by atoms with Crippen molar-refractivity contribution in [3.63, 3.8) is 0 Å². The fourth-order valence-electron chi connectivity index (χ4n) is 2.21. The minimum absolute atomic E-state index is 0.0708. The van der Waals surface area contributed by atoms with Crippen LogP contribution in [-0.2, 0) is 4.79 Å². The van der Waals surface area contributed by atoms with Crippen molar-refractivity contribution in [3.8, 4) is 11.5 Å². The van der Waals surface area contributed by atoms with Crippen molar-refractivity contribution in [1.29, 1.82) is 0 Å². The lowest BCUT2D eigenvalue weighted by molar-refractivity contribution is -0.118. The highest BCUT2D eigenvalue weighted by Crippen LogP contribution is 2.35. The minimum Gasteiger partial charge on any atom is -0.493 e. The van der Waals surface area contributed by atoms with Crippen LogP contribution in [0.1, 0.15) is 15.9 Å². The Balaban J connectivity index is 2.17. The van der Waals surface area contributed by atoms with Crippen LogP contribution in [0, 0.1) is 6.92 Å². The summed E-state index contributed by atoms with van der Waals surface area (Å²) < 4.78 is 12.3. The summed E-state index contributed by atoms with van der Waals surface area (Å²) in [6.07, 6.45) is 0. The van der Waals surface area contributed by atoms with Gasteiger partial charge in [-0.3, -0.25) is 4.79 Å². The molecule has 0 atom stereocenters. The summed E-state index contributed by atoms with van der Waals surface area (Å²) >= 11 is 12.8. The zero-order valence-corrected chi connectivity index (χ0v) is 17.7. The van der Waals surface area contributed by atoms with Crippen LogP contribution in [0.25, 0.3) is 0 Å². The van der Waals surface area contributed by atoms with Crippen LogP contribution in [0.3, 0.4) is 0 Å². The second-order valence-corrected chi connectivity index (χ2v) is 7.39. The molecule has 0 fully saturated rings. The Hall–Kier alpha value is -1.77. The van der Waals surface area contributed by atoms with Gasteiger partial charge in [0.2, 0.25) is 0 Å². The molecule has 0 saturated carbocycles. The highest BCUT2D eigenvalue weighted by Gasteiger charge is 2.17. The van der Waals surface area contributed by atoms with Crippen LogP contribution in [-0.4, -0.2) is 30.7 Å². The maximum absolute atomic E-state index is 12.2. The number of hydrogen-bond donors (Lipinski definition) is 2. The fraction of sp³-hybridized carbons (Fsp3) is 0.176. The zero-order valence-electron chi connectivity index (χ0n) is 13.7. The average molecular weight is 508 g/mol. The number of carbonyl (C=O) groups is 2. The number of ether oxygens (including phenoxy) is 2. The number of benzene rings is 2. The van der Waals surface area contributed by atoms with Gasteiger partial charge in [0, 0.05) is 4.47 Å². The number of carboxylic acids is 1. The number of amides is 1. The topological polar surface area (TPSA) is 84.9 Å². The van der Waals surface area contributed by atoms with Gasteiger partial charge in [-0.05, 0) is 52.7 Å². The first-order valence-electron chi connectivity index (χ1n) is 7.22. The third-order valence-electron chi connectivity index (χ3n) is 3.31. The number of aryl methyl sites for hydroxylation is 1. The Bertz CT molecular complexity index is 849. The Morgan fingerprint density at radius 3 is 2.46 bits per heavy atom. The highest BCUT2D eigenvalue weighted by atomic mass is 79.9. The highest BCUT2D eigenvalue weighted by molar-refractivity contribution is 9.11. The van der Waals surface area contributed by atoms with E-state index >= 15 is 0 Å². The Morgan fingerprint density at radius 1 is 1.19 bits per heavy atom. The Kier molecular flexibility index (Phi) is 6.91. The molecular formula is C17H14Br2ClNO5. The van der Waals surface area contributed by atoms with Gasteiger partial charge < -0.3 is 19.9 Å². The summed E-state index contributed by atoms with van der Waals surface area (Å²) in [4.78, 5) is 23.4. The smallest absolute Gasteiger partial charge is 0.335 e. The maximum atomic E-state index is 12.2. The van der Waals surface area contributed by atoms with Gasteiger partial charge in [0.25, 0.3) is 5.91 Å². The van der Waals surface area contributed by atoms with Crippen LogP contribution in [0.5, 0.6) is 11.5 Å². The molecule has 0 heterocycles. The molecule has 0 bridgehead atoms. The number of carboxylic acid groups (broad SMARTS) is 1. The summed E-state index contributed by atoms with van der Waals surface area (Å²) in [6.45, 7) is 1.57. The van der Waals surface area contributed by atoms with Crippen molar-refractivity contribution in [1.82, 2.24) is 0 Å². The zero-order chi connectivity index (χ0) is 19.4. The average Bonchev–Trinajstić information content (AvgIpc) is 2.53. The summed E-state index contributed by atoms with van der Waals surface area (Å²) in [6, 6.07) is 6.18. The molecular weight excluding hydrogens is 493 g/mol. The van der Waals surface area contributed by atoms with Crippen LogP contribution in [0.15, 0.2) is 33.2 Å². The van der Waals surface area contributed by atoms with Crippen molar-refractivity contribution in [2.45, 2.75) is 6.92 Å². The van der Waals surface area contributed by atoms with Gasteiger partial charge in [-0.2, -0.15) is 0 Å². The third kappa shape index (κ3) is 4.90. The van der Waals surface area contributed by atoms with E-state index in [2.05, 4.69) is 37.2 Å². The molecule has 0 spiro atoms. The van der Waals surface area contributed by atoms with E-state index in [4.69, 9.17) is 26.2 Å². The first-order chi connectivity index (χ1) is 12.2. The van der Waals surface area contributed by atoms with Crippen LogP contribution in [0.2, 0.25) is 5.02 Å². The van der Waals surface area contributed by atoms with E-state index in [1.165, 1.54) is 19.2 Å². The summed E-state index contributed by atoms with van der Waals surface area (Å²) in [5.74, 6) is -0.953. The van der Waals surface area contributed by atoms with Crippen molar-refractivity contribution in [3.05, 3.63) is 49.4 Å². The maximum Gasteiger partial charge on any atom is 0.335 e. The van der Waals surface area contributed by atoms with E-state index in [1.807, 2.05) is 13.0 Å². The van der Waals surface area contributed by atoms with Gasteiger partial charge in [-0.25, -0.2) is 4.79 Å². The standard InChI is InChI=1S/C17H14Br2ClNO5/c1-8-3-10(18)6-11(19)15(8)26-7-14(22)21-13-5-9(17(23)24)4-12(20)16(13)25-2/h3-6H,7H2,1-2H3,(H,21,22)(H,23,24). The van der Waals surface area contributed by atoms with Crippen LogP contribution < -0.4 is 14.8 Å². The van der Waals surface area contributed by atoms with Gasteiger partial charge in [0.15, 0.2) is 12.4 Å². The molecule has 2 N–H and O–H groups in total. The molecule has 0 radical (unpaired) electrons. The number of methoxy groups -OCH3 is 1. The number of anilines is 1. The molecule has 26 heavy (non-hydrogen) atoms. The van der Waals surface area contributed by atoms with Crippen molar-refractivity contribution in [2.24, 2.45) is 0 Å². The molecule has 0 aliphatic heterocycles. The van der Waals surface area contributed by atoms with Crippen molar-refractivity contribution >= 4 is 61.0 Å². The predicted octanol–water partition coefficient (Wildman–Crippen LogP) is 4.90. The normalized spacial score (nSPS) is 10.3. The van der Waals surface area contributed by atoms with E-state index in [0.717, 1.165) is 10.0 Å². The first kappa shape index (κ1) is 20.5. The lowest BCUT2D eigenvalue weighted by atomic mass is 10.2. The molecule has 0 aromatic heterocycles. The Morgan fingerprint density at radius 2 is 1.88 bits per heavy atom. The number of carbonyl (C=O) groups excluding carboxylic acids is 1. The van der Waals surface area contributed by atoms with Crippen LogP contribution in [0.4, 0.5) is 5.69 Å². The van der Waals surface area contributed by atoms with E-state index in [0.29, 0.717) is 10.2 Å². The molecule has 0 saturated heterocycles. The van der Waals surface area contributed by atoms with Crippen molar-refractivity contribution < 1.29 is 24.2 Å². The second-order valence-electron chi connectivity index (χ2n) is 5.21. The van der Waals surface area contributed by atoms with Gasteiger partial charge in [0.05, 0.1) is 27.9 Å². The largest absolute Gasteiger partial charge is 0.493 e. The van der Waals surface area contributed by atoms with E-state index in [9.17, 15) is 9.59 Å².